The second-order valence-electron chi connectivity index (χ2n) is 3.25. The Morgan fingerprint density at radius 3 is 3.06 bits per heavy atom. The summed E-state index contributed by atoms with van der Waals surface area (Å²) in [6, 6.07) is 2.74. The Morgan fingerprint density at radius 1 is 1.69 bits per heavy atom. The van der Waals surface area contributed by atoms with Crippen molar-refractivity contribution in [3.63, 3.8) is 0 Å². The molecule has 1 aromatic rings. The molecule has 0 aliphatic heterocycles. The second kappa shape index (κ2) is 6.73. The Hall–Kier alpha value is -0.780. The van der Waals surface area contributed by atoms with E-state index in [-0.39, 0.29) is 0 Å². The van der Waals surface area contributed by atoms with Gasteiger partial charge in [0.15, 0.2) is 0 Å². The van der Waals surface area contributed by atoms with Crippen molar-refractivity contribution in [2.45, 2.75) is 18.2 Å². The van der Waals surface area contributed by atoms with Crippen LogP contribution in [0.2, 0.25) is 5.02 Å². The predicted octanol–water partition coefficient (Wildman–Crippen LogP) is 1.77. The molecule has 6 heteroatoms. The van der Waals surface area contributed by atoms with Gasteiger partial charge in [-0.25, -0.2) is 0 Å². The predicted molar refractivity (Wildman–Crippen MR) is 65.6 cm³/mol. The molecule has 0 spiro atoms. The molecule has 0 bridgehead atoms. The minimum atomic E-state index is -0.957. The number of aliphatic carboxylic acids is 1. The van der Waals surface area contributed by atoms with Crippen LogP contribution in [0.1, 0.15) is 12.1 Å². The second-order valence-corrected chi connectivity index (χ2v) is 4.79. The molecular formula is C10H13ClN2O2S. The van der Waals surface area contributed by atoms with Gasteiger partial charge in [0.05, 0.1) is 5.69 Å². The zero-order valence-electron chi connectivity index (χ0n) is 8.60. The third-order valence-electron chi connectivity index (χ3n) is 1.92. The van der Waals surface area contributed by atoms with E-state index in [2.05, 4.69) is 4.98 Å². The molecule has 0 aromatic carbocycles. The van der Waals surface area contributed by atoms with Crippen molar-refractivity contribution in [1.82, 2.24) is 4.98 Å². The Labute approximate surface area is 103 Å². The quantitative estimate of drug-likeness (QED) is 0.763. The number of thioether (sulfide) groups is 1. The maximum Gasteiger partial charge on any atom is 0.320 e. The lowest BCUT2D eigenvalue weighted by molar-refractivity contribution is -0.138. The molecule has 0 saturated carbocycles. The zero-order chi connectivity index (χ0) is 12.0. The van der Waals surface area contributed by atoms with Gasteiger partial charge in [0.25, 0.3) is 0 Å². The molecule has 0 radical (unpaired) electrons. The number of carboxylic acids is 1. The van der Waals surface area contributed by atoms with Gasteiger partial charge in [0.1, 0.15) is 6.04 Å². The lowest BCUT2D eigenvalue weighted by Crippen LogP contribution is -2.30. The third kappa shape index (κ3) is 4.83. The van der Waals surface area contributed by atoms with Gasteiger partial charge < -0.3 is 10.8 Å². The van der Waals surface area contributed by atoms with Gasteiger partial charge >= 0.3 is 5.97 Å². The Bertz CT molecular complexity index is 362. The van der Waals surface area contributed by atoms with Crippen LogP contribution in [0.4, 0.5) is 0 Å². The van der Waals surface area contributed by atoms with Crippen LogP contribution in [0.3, 0.4) is 0 Å². The highest BCUT2D eigenvalue weighted by Gasteiger charge is 2.10. The number of carbonyl (C=O) groups is 1. The van der Waals surface area contributed by atoms with Crippen LogP contribution in [0, 0.1) is 0 Å². The summed E-state index contributed by atoms with van der Waals surface area (Å²) in [4.78, 5) is 14.6. The summed E-state index contributed by atoms with van der Waals surface area (Å²) in [6.45, 7) is 0. The first-order valence-corrected chi connectivity index (χ1v) is 6.29. The summed E-state index contributed by atoms with van der Waals surface area (Å²) in [7, 11) is 0. The molecule has 0 aliphatic carbocycles. The standard InChI is InChI=1S/C10H13ClN2O2S/c11-7-1-3-13-8(5-7)6-16-4-2-9(12)10(14)15/h1,3,5,9H,2,4,6,12H2,(H,14,15). The number of hydrogen-bond donors (Lipinski definition) is 2. The minimum Gasteiger partial charge on any atom is -0.480 e. The average Bonchev–Trinajstić information content (AvgIpc) is 2.24. The fourth-order valence-corrected chi connectivity index (χ4v) is 2.15. The summed E-state index contributed by atoms with van der Waals surface area (Å²) in [5.41, 5.74) is 6.26. The van der Waals surface area contributed by atoms with E-state index in [0.717, 1.165) is 5.69 Å². The largest absolute Gasteiger partial charge is 0.480 e. The van der Waals surface area contributed by atoms with Gasteiger partial charge in [-0.2, -0.15) is 11.8 Å². The van der Waals surface area contributed by atoms with Crippen molar-refractivity contribution in [2.24, 2.45) is 5.73 Å². The maximum atomic E-state index is 10.4. The number of hydrogen-bond acceptors (Lipinski definition) is 4. The van der Waals surface area contributed by atoms with Crippen LogP contribution in [0.25, 0.3) is 0 Å². The first-order valence-electron chi connectivity index (χ1n) is 4.76. The Kier molecular flexibility index (Phi) is 5.59. The van der Waals surface area contributed by atoms with Crippen LogP contribution >= 0.6 is 23.4 Å². The molecular weight excluding hydrogens is 248 g/mol. The van der Waals surface area contributed by atoms with Crippen LogP contribution in [0.15, 0.2) is 18.3 Å². The number of carboxylic acid groups (broad SMARTS) is 1. The first kappa shape index (κ1) is 13.3. The molecule has 16 heavy (non-hydrogen) atoms. The van der Waals surface area contributed by atoms with E-state index in [9.17, 15) is 4.79 Å². The van der Waals surface area contributed by atoms with Crippen molar-refractivity contribution < 1.29 is 9.90 Å². The van der Waals surface area contributed by atoms with E-state index >= 15 is 0 Å². The zero-order valence-corrected chi connectivity index (χ0v) is 10.2. The van der Waals surface area contributed by atoms with E-state index in [1.807, 2.05) is 0 Å². The first-order chi connectivity index (χ1) is 7.59. The number of aromatic nitrogens is 1. The van der Waals surface area contributed by atoms with Gasteiger partial charge in [-0.3, -0.25) is 9.78 Å². The topological polar surface area (TPSA) is 76.2 Å². The lowest BCUT2D eigenvalue weighted by atomic mass is 10.2. The van der Waals surface area contributed by atoms with Crippen LogP contribution in [-0.2, 0) is 10.5 Å². The highest BCUT2D eigenvalue weighted by atomic mass is 35.5. The number of pyridine rings is 1. The number of nitrogens with zero attached hydrogens (tertiary/aromatic N) is 1. The molecule has 1 rings (SSSR count). The summed E-state index contributed by atoms with van der Waals surface area (Å²) < 4.78 is 0. The van der Waals surface area contributed by atoms with Gasteiger partial charge in [0.2, 0.25) is 0 Å². The maximum absolute atomic E-state index is 10.4. The molecule has 1 heterocycles. The Balaban J connectivity index is 2.23. The van der Waals surface area contributed by atoms with E-state index in [0.29, 0.717) is 22.9 Å². The van der Waals surface area contributed by atoms with Gasteiger partial charge in [-0.15, -0.1) is 0 Å². The fourth-order valence-electron chi connectivity index (χ4n) is 1.04. The third-order valence-corrected chi connectivity index (χ3v) is 3.18. The monoisotopic (exact) mass is 260 g/mol. The highest BCUT2D eigenvalue weighted by molar-refractivity contribution is 7.98. The van der Waals surface area contributed by atoms with Crippen LogP contribution in [0.5, 0.6) is 0 Å². The summed E-state index contributed by atoms with van der Waals surface area (Å²) in [5.74, 6) is 0.454. The summed E-state index contributed by atoms with van der Waals surface area (Å²) in [5, 5.41) is 9.23. The summed E-state index contributed by atoms with van der Waals surface area (Å²) in [6.07, 6.45) is 2.11. The van der Waals surface area contributed by atoms with E-state index < -0.39 is 12.0 Å². The lowest BCUT2D eigenvalue weighted by Gasteiger charge is -2.05. The molecule has 0 saturated heterocycles. The number of halogens is 1. The molecule has 1 atom stereocenters. The van der Waals surface area contributed by atoms with E-state index in [1.54, 1.807) is 30.1 Å². The number of nitrogens with two attached hydrogens (primary N) is 1. The van der Waals surface area contributed by atoms with Crippen molar-refractivity contribution in [3.05, 3.63) is 29.0 Å². The van der Waals surface area contributed by atoms with E-state index in [1.165, 1.54) is 0 Å². The van der Waals surface area contributed by atoms with Gasteiger partial charge in [-0.1, -0.05) is 11.6 Å². The SMILES string of the molecule is NC(CCSCc1cc(Cl)ccn1)C(=O)O. The smallest absolute Gasteiger partial charge is 0.320 e. The van der Waals surface area contributed by atoms with Crippen molar-refractivity contribution in [1.29, 1.82) is 0 Å². The minimum absolute atomic E-state index is 0.459. The van der Waals surface area contributed by atoms with Crippen LogP contribution in [-0.4, -0.2) is 27.9 Å². The average molecular weight is 261 g/mol. The number of rotatable bonds is 6. The summed E-state index contributed by atoms with van der Waals surface area (Å²) >= 11 is 7.40. The Morgan fingerprint density at radius 2 is 2.44 bits per heavy atom. The molecule has 3 N–H and O–H groups in total. The van der Waals surface area contributed by atoms with Crippen LogP contribution < -0.4 is 5.73 Å². The van der Waals surface area contributed by atoms with E-state index in [4.69, 9.17) is 22.4 Å². The normalized spacial score (nSPS) is 12.4. The molecule has 0 aliphatic rings. The molecule has 88 valence electrons. The molecule has 1 unspecified atom stereocenters. The van der Waals surface area contributed by atoms with Crippen molar-refractivity contribution in [3.8, 4) is 0 Å². The van der Waals surface area contributed by atoms with Gasteiger partial charge in [0, 0.05) is 17.0 Å². The highest BCUT2D eigenvalue weighted by Crippen LogP contribution is 2.15. The fraction of sp³-hybridized carbons (Fsp3) is 0.400. The van der Waals surface area contributed by atoms with Crippen molar-refractivity contribution in [2.75, 3.05) is 5.75 Å². The molecule has 4 nitrogen and oxygen atoms in total. The van der Waals surface area contributed by atoms with Gasteiger partial charge in [-0.05, 0) is 24.3 Å². The molecule has 0 fully saturated rings. The molecule has 1 aromatic heterocycles. The van der Waals surface area contributed by atoms with Crippen molar-refractivity contribution >= 4 is 29.3 Å². The molecule has 0 amide bonds.